The van der Waals surface area contributed by atoms with Gasteiger partial charge >= 0.3 is 5.97 Å². The number of pyridine rings is 1. The standard InChI is InChI=1S/C21H21N5O4S2/c1-4-30-18(28)9-14-10-31-20(22-14)23-17(27)11-32-21-25-24-19-12(2)7-13-8-15(29-3)5-6-16(13)26(19)21/h5-8,10H,4,9,11H2,1-3H3,(H,22,23,27). The van der Waals surface area contributed by atoms with Crippen molar-refractivity contribution in [3.05, 3.63) is 40.9 Å². The highest BCUT2D eigenvalue weighted by molar-refractivity contribution is 7.99. The summed E-state index contributed by atoms with van der Waals surface area (Å²) in [5.74, 6) is 0.343. The van der Waals surface area contributed by atoms with Gasteiger partial charge < -0.3 is 14.8 Å². The van der Waals surface area contributed by atoms with E-state index < -0.39 is 0 Å². The van der Waals surface area contributed by atoms with Gasteiger partial charge in [-0.3, -0.25) is 14.0 Å². The lowest BCUT2D eigenvalue weighted by Gasteiger charge is -2.08. The maximum atomic E-state index is 12.5. The van der Waals surface area contributed by atoms with Crippen LogP contribution in [0.1, 0.15) is 18.2 Å². The molecule has 0 radical (unpaired) electrons. The normalized spacial score (nSPS) is 11.1. The Kier molecular flexibility index (Phi) is 6.56. The summed E-state index contributed by atoms with van der Waals surface area (Å²) in [6.45, 7) is 4.05. The summed E-state index contributed by atoms with van der Waals surface area (Å²) >= 11 is 2.56. The number of thiazole rings is 1. The molecule has 0 atom stereocenters. The number of esters is 1. The molecule has 4 aromatic rings. The quantitative estimate of drug-likeness (QED) is 0.307. The van der Waals surface area contributed by atoms with E-state index in [9.17, 15) is 9.59 Å². The van der Waals surface area contributed by atoms with Crippen LogP contribution in [0.4, 0.5) is 5.13 Å². The maximum Gasteiger partial charge on any atom is 0.311 e. The van der Waals surface area contributed by atoms with E-state index >= 15 is 0 Å². The lowest BCUT2D eigenvalue weighted by Crippen LogP contribution is -2.14. The van der Waals surface area contributed by atoms with Gasteiger partial charge in [0.05, 0.1) is 37.1 Å². The molecule has 0 unspecified atom stereocenters. The number of fused-ring (bicyclic) bond motifs is 3. The van der Waals surface area contributed by atoms with Crippen molar-refractivity contribution < 1.29 is 19.1 Å². The number of methoxy groups -OCH3 is 1. The molecule has 1 aromatic carbocycles. The fraction of sp³-hybridized carbons (Fsp3) is 0.286. The van der Waals surface area contributed by atoms with E-state index in [0.29, 0.717) is 22.6 Å². The van der Waals surface area contributed by atoms with Crippen LogP contribution in [0, 0.1) is 6.92 Å². The van der Waals surface area contributed by atoms with Gasteiger partial charge in [0.1, 0.15) is 5.75 Å². The van der Waals surface area contributed by atoms with Crippen molar-refractivity contribution in [2.75, 3.05) is 24.8 Å². The Bertz CT molecular complexity index is 1300. The number of aromatic nitrogens is 4. The molecule has 0 saturated carbocycles. The number of amides is 1. The molecule has 1 N–H and O–H groups in total. The zero-order valence-electron chi connectivity index (χ0n) is 17.7. The molecule has 11 heteroatoms. The van der Waals surface area contributed by atoms with Crippen molar-refractivity contribution in [2.45, 2.75) is 25.4 Å². The highest BCUT2D eigenvalue weighted by Crippen LogP contribution is 2.28. The smallest absolute Gasteiger partial charge is 0.311 e. The lowest BCUT2D eigenvalue weighted by atomic mass is 10.1. The SMILES string of the molecule is CCOC(=O)Cc1csc(NC(=O)CSc2nnc3c(C)cc4cc(OC)ccc4n23)n1. The third-order valence-corrected chi connectivity index (χ3v) is 6.33. The summed E-state index contributed by atoms with van der Waals surface area (Å²) in [6, 6.07) is 7.84. The summed E-state index contributed by atoms with van der Waals surface area (Å²) < 4.78 is 12.2. The minimum atomic E-state index is -0.343. The highest BCUT2D eigenvalue weighted by atomic mass is 32.2. The molecule has 0 fully saturated rings. The van der Waals surface area contributed by atoms with E-state index in [4.69, 9.17) is 9.47 Å². The molecule has 3 aromatic heterocycles. The highest BCUT2D eigenvalue weighted by Gasteiger charge is 2.15. The van der Waals surface area contributed by atoms with E-state index in [1.54, 1.807) is 19.4 Å². The second-order valence-electron chi connectivity index (χ2n) is 6.86. The van der Waals surface area contributed by atoms with Gasteiger partial charge in [-0.05, 0) is 43.7 Å². The van der Waals surface area contributed by atoms with E-state index in [2.05, 4.69) is 20.5 Å². The Morgan fingerprint density at radius 2 is 2.09 bits per heavy atom. The second kappa shape index (κ2) is 9.53. The van der Waals surface area contributed by atoms with Crippen molar-refractivity contribution in [1.82, 2.24) is 19.6 Å². The molecule has 0 aliphatic rings. The molecule has 1 amide bonds. The molecular weight excluding hydrogens is 450 g/mol. The van der Waals surface area contributed by atoms with Crippen LogP contribution in [-0.4, -0.2) is 50.9 Å². The molecular formula is C21H21N5O4S2. The topological polar surface area (TPSA) is 108 Å². The Labute approximate surface area is 192 Å². The van der Waals surface area contributed by atoms with Gasteiger partial charge in [0.25, 0.3) is 0 Å². The molecule has 166 valence electrons. The summed E-state index contributed by atoms with van der Waals surface area (Å²) in [5.41, 5.74) is 3.22. The Hall–Kier alpha value is -3.18. The number of carbonyl (C=O) groups is 2. The fourth-order valence-electron chi connectivity index (χ4n) is 3.20. The van der Waals surface area contributed by atoms with Gasteiger partial charge in [-0.2, -0.15) is 0 Å². The molecule has 0 aliphatic heterocycles. The molecule has 0 bridgehead atoms. The minimum absolute atomic E-state index is 0.0813. The van der Waals surface area contributed by atoms with E-state index in [-0.39, 0.29) is 24.1 Å². The van der Waals surface area contributed by atoms with Gasteiger partial charge in [0, 0.05) is 10.8 Å². The number of benzene rings is 1. The van der Waals surface area contributed by atoms with Gasteiger partial charge in [-0.25, -0.2) is 4.98 Å². The molecule has 0 saturated heterocycles. The number of carbonyl (C=O) groups excluding carboxylic acids is 2. The first-order chi connectivity index (χ1) is 15.5. The summed E-state index contributed by atoms with van der Waals surface area (Å²) in [6.07, 6.45) is 0.0813. The van der Waals surface area contributed by atoms with Crippen molar-refractivity contribution in [1.29, 1.82) is 0 Å². The van der Waals surface area contributed by atoms with Gasteiger partial charge in [-0.1, -0.05) is 11.8 Å². The van der Waals surface area contributed by atoms with Crippen LogP contribution in [0.15, 0.2) is 34.8 Å². The molecule has 3 heterocycles. The largest absolute Gasteiger partial charge is 0.497 e. The van der Waals surface area contributed by atoms with Crippen LogP contribution in [0.3, 0.4) is 0 Å². The maximum absolute atomic E-state index is 12.5. The van der Waals surface area contributed by atoms with Crippen LogP contribution in [-0.2, 0) is 20.7 Å². The van der Waals surface area contributed by atoms with Crippen LogP contribution in [0.5, 0.6) is 5.75 Å². The van der Waals surface area contributed by atoms with Gasteiger partial charge in [0.2, 0.25) is 5.91 Å². The van der Waals surface area contributed by atoms with E-state index in [0.717, 1.165) is 27.9 Å². The van der Waals surface area contributed by atoms with E-state index in [1.165, 1.54) is 23.1 Å². The van der Waals surface area contributed by atoms with Crippen molar-refractivity contribution >= 4 is 56.7 Å². The number of nitrogens with one attached hydrogen (secondary N) is 1. The number of ether oxygens (including phenoxy) is 2. The number of hydrogen-bond donors (Lipinski definition) is 1. The van der Waals surface area contributed by atoms with Crippen molar-refractivity contribution in [3.63, 3.8) is 0 Å². The first-order valence-corrected chi connectivity index (χ1v) is 11.7. The number of hydrogen-bond acceptors (Lipinski definition) is 9. The average Bonchev–Trinajstić information content (AvgIpc) is 3.39. The third-order valence-electron chi connectivity index (χ3n) is 4.59. The average molecular weight is 472 g/mol. The predicted octanol–water partition coefficient (Wildman–Crippen LogP) is 3.49. The first kappa shape index (κ1) is 22.0. The number of anilines is 1. The molecule has 9 nitrogen and oxygen atoms in total. The van der Waals surface area contributed by atoms with Crippen LogP contribution >= 0.6 is 23.1 Å². The van der Waals surface area contributed by atoms with Crippen LogP contribution < -0.4 is 10.1 Å². The zero-order valence-corrected chi connectivity index (χ0v) is 19.4. The van der Waals surface area contributed by atoms with Gasteiger partial charge in [0.15, 0.2) is 15.9 Å². The first-order valence-electron chi connectivity index (χ1n) is 9.83. The Balaban J connectivity index is 1.47. The second-order valence-corrected chi connectivity index (χ2v) is 8.66. The Morgan fingerprint density at radius 1 is 1.25 bits per heavy atom. The van der Waals surface area contributed by atoms with Crippen molar-refractivity contribution in [2.24, 2.45) is 0 Å². The molecule has 4 rings (SSSR count). The molecule has 0 spiro atoms. The summed E-state index contributed by atoms with van der Waals surface area (Å²) in [7, 11) is 1.63. The Morgan fingerprint density at radius 3 is 2.88 bits per heavy atom. The molecule has 0 aliphatic carbocycles. The van der Waals surface area contributed by atoms with Crippen LogP contribution in [0.2, 0.25) is 0 Å². The summed E-state index contributed by atoms with van der Waals surface area (Å²) in [5, 5.41) is 15.1. The minimum Gasteiger partial charge on any atom is -0.497 e. The van der Waals surface area contributed by atoms with Crippen LogP contribution in [0.25, 0.3) is 16.6 Å². The van der Waals surface area contributed by atoms with Gasteiger partial charge in [-0.15, -0.1) is 21.5 Å². The number of rotatable bonds is 8. The summed E-state index contributed by atoms with van der Waals surface area (Å²) in [4.78, 5) is 28.3. The number of aryl methyl sites for hydroxylation is 1. The van der Waals surface area contributed by atoms with E-state index in [1.807, 2.05) is 35.6 Å². The number of nitrogens with zero attached hydrogens (tertiary/aromatic N) is 4. The number of thioether (sulfide) groups is 1. The molecule has 32 heavy (non-hydrogen) atoms. The third kappa shape index (κ3) is 4.68. The predicted molar refractivity (Wildman–Crippen MR) is 124 cm³/mol. The monoisotopic (exact) mass is 471 g/mol. The lowest BCUT2D eigenvalue weighted by molar-refractivity contribution is -0.142. The van der Waals surface area contributed by atoms with Crippen molar-refractivity contribution in [3.8, 4) is 5.75 Å². The zero-order chi connectivity index (χ0) is 22.7. The fourth-order valence-corrected chi connectivity index (χ4v) is 4.67.